The highest BCUT2D eigenvalue weighted by Crippen LogP contribution is 2.35. The van der Waals surface area contributed by atoms with Crippen LogP contribution in [0.25, 0.3) is 11.0 Å². The van der Waals surface area contributed by atoms with Gasteiger partial charge in [-0.05, 0) is 77.2 Å². The number of ether oxygens (including phenoxy) is 2. The van der Waals surface area contributed by atoms with Crippen molar-refractivity contribution in [3.05, 3.63) is 39.2 Å². The van der Waals surface area contributed by atoms with E-state index in [1.807, 2.05) is 6.92 Å². The van der Waals surface area contributed by atoms with Crippen LogP contribution in [0.4, 0.5) is 0 Å². The number of esters is 2. The Balaban J connectivity index is 1.86. The number of piperidine rings is 1. The number of aromatic hydroxyl groups is 1. The van der Waals surface area contributed by atoms with Crippen LogP contribution in [0.15, 0.2) is 21.3 Å². The van der Waals surface area contributed by atoms with Crippen LogP contribution < -0.4 is 5.63 Å². The zero-order valence-electron chi connectivity index (χ0n) is 19.8. The molecule has 1 aromatic carbocycles. The summed E-state index contributed by atoms with van der Waals surface area (Å²) in [7, 11) is 0. The second-order valence-electron chi connectivity index (χ2n) is 8.83. The number of likely N-dealkylation sites (tertiary alicyclic amines) is 1. The summed E-state index contributed by atoms with van der Waals surface area (Å²) < 4.78 is 15.9. The van der Waals surface area contributed by atoms with E-state index in [2.05, 4.69) is 4.90 Å². The van der Waals surface area contributed by atoms with E-state index in [1.54, 1.807) is 26.8 Å². The van der Waals surface area contributed by atoms with Crippen molar-refractivity contribution in [1.82, 2.24) is 4.90 Å². The molecule has 1 saturated heterocycles. The highest BCUT2D eigenvalue weighted by Gasteiger charge is 2.27. The summed E-state index contributed by atoms with van der Waals surface area (Å²) in [6, 6.07) is 3.20. The number of carbonyl (C=O) groups is 2. The summed E-state index contributed by atoms with van der Waals surface area (Å²) in [6.07, 6.45) is 1.58. The number of rotatable bonds is 8. The van der Waals surface area contributed by atoms with Crippen molar-refractivity contribution in [2.45, 2.75) is 66.0 Å². The monoisotopic (exact) mass is 459 g/mol. The molecule has 0 atom stereocenters. The lowest BCUT2D eigenvalue weighted by atomic mass is 9.95. The minimum Gasteiger partial charge on any atom is -0.507 e. The van der Waals surface area contributed by atoms with Gasteiger partial charge >= 0.3 is 17.6 Å². The highest BCUT2D eigenvalue weighted by molar-refractivity contribution is 5.86. The van der Waals surface area contributed by atoms with Crippen LogP contribution >= 0.6 is 0 Å². The zero-order valence-corrected chi connectivity index (χ0v) is 19.8. The number of phenolic OH excluding ortho intramolecular Hbond substituents is 1. The second-order valence-corrected chi connectivity index (χ2v) is 8.83. The topological polar surface area (TPSA) is 106 Å². The molecule has 180 valence electrons. The molecule has 0 spiro atoms. The van der Waals surface area contributed by atoms with E-state index in [9.17, 15) is 19.5 Å². The van der Waals surface area contributed by atoms with E-state index >= 15 is 0 Å². The first kappa shape index (κ1) is 24.8. The van der Waals surface area contributed by atoms with Crippen molar-refractivity contribution in [3.8, 4) is 5.75 Å². The van der Waals surface area contributed by atoms with Crippen molar-refractivity contribution in [2.24, 2.45) is 5.92 Å². The van der Waals surface area contributed by atoms with E-state index in [4.69, 9.17) is 13.9 Å². The summed E-state index contributed by atoms with van der Waals surface area (Å²) in [6.45, 7) is 9.26. The number of carbonyl (C=O) groups excluding carboxylic acids is 2. The third-order valence-electron chi connectivity index (χ3n) is 5.94. The molecule has 0 amide bonds. The zero-order chi connectivity index (χ0) is 24.1. The predicted octanol–water partition coefficient (Wildman–Crippen LogP) is 3.47. The quantitative estimate of drug-likeness (QED) is 0.472. The molecule has 0 aliphatic carbocycles. The Labute approximate surface area is 193 Å². The van der Waals surface area contributed by atoms with Gasteiger partial charge in [0.15, 0.2) is 0 Å². The third-order valence-corrected chi connectivity index (χ3v) is 5.94. The fraction of sp³-hybridized carbons (Fsp3) is 0.560. The SMILES string of the molecule is CCOC(=O)C1CCN(Cc2c(O)c(CCC(=O)OC(C)C)cc3c(C)cc(=O)oc23)CC1. The van der Waals surface area contributed by atoms with Gasteiger partial charge in [0.05, 0.1) is 24.2 Å². The maximum absolute atomic E-state index is 12.1. The highest BCUT2D eigenvalue weighted by atomic mass is 16.5. The average molecular weight is 460 g/mol. The van der Waals surface area contributed by atoms with Crippen LogP contribution in [-0.4, -0.2) is 47.7 Å². The van der Waals surface area contributed by atoms with Crippen LogP contribution in [-0.2, 0) is 32.0 Å². The normalized spacial score (nSPS) is 15.2. The van der Waals surface area contributed by atoms with E-state index in [0.29, 0.717) is 62.2 Å². The second kappa shape index (κ2) is 10.8. The molecule has 8 heteroatoms. The maximum atomic E-state index is 12.1. The van der Waals surface area contributed by atoms with Crippen LogP contribution in [0.5, 0.6) is 5.75 Å². The molecule has 0 unspecified atom stereocenters. The molecular formula is C25H33NO7. The van der Waals surface area contributed by atoms with Crippen LogP contribution in [0.3, 0.4) is 0 Å². The molecule has 2 heterocycles. The summed E-state index contributed by atoms with van der Waals surface area (Å²) >= 11 is 0. The van der Waals surface area contributed by atoms with Crippen molar-refractivity contribution in [2.75, 3.05) is 19.7 Å². The van der Waals surface area contributed by atoms with Crippen LogP contribution in [0.2, 0.25) is 0 Å². The molecule has 0 saturated carbocycles. The minimum atomic E-state index is -0.477. The fourth-order valence-corrected chi connectivity index (χ4v) is 4.27. The first-order valence-electron chi connectivity index (χ1n) is 11.6. The summed E-state index contributed by atoms with van der Waals surface area (Å²) in [4.78, 5) is 38.3. The lowest BCUT2D eigenvalue weighted by Crippen LogP contribution is -2.36. The molecule has 1 N–H and O–H groups in total. The number of hydrogen-bond acceptors (Lipinski definition) is 8. The molecule has 2 aromatic rings. The fourth-order valence-electron chi connectivity index (χ4n) is 4.27. The van der Waals surface area contributed by atoms with Crippen molar-refractivity contribution >= 4 is 22.9 Å². The van der Waals surface area contributed by atoms with E-state index in [1.165, 1.54) is 6.07 Å². The first-order chi connectivity index (χ1) is 15.7. The molecule has 1 fully saturated rings. The van der Waals surface area contributed by atoms with Crippen LogP contribution in [0, 0.1) is 12.8 Å². The van der Waals surface area contributed by atoms with Crippen molar-refractivity contribution in [1.29, 1.82) is 0 Å². The molecule has 1 aromatic heterocycles. The predicted molar refractivity (Wildman–Crippen MR) is 123 cm³/mol. The van der Waals surface area contributed by atoms with E-state index in [0.717, 1.165) is 10.9 Å². The molecule has 3 rings (SSSR count). The average Bonchev–Trinajstić information content (AvgIpc) is 2.75. The van der Waals surface area contributed by atoms with Gasteiger partial charge in [0.25, 0.3) is 0 Å². The number of fused-ring (bicyclic) bond motifs is 1. The number of aryl methyl sites for hydroxylation is 2. The van der Waals surface area contributed by atoms with Crippen molar-refractivity contribution in [3.63, 3.8) is 0 Å². The Bertz CT molecular complexity index is 1060. The number of hydrogen-bond donors (Lipinski definition) is 1. The minimum absolute atomic E-state index is 0.0288. The Morgan fingerprint density at radius 1 is 1.24 bits per heavy atom. The van der Waals surface area contributed by atoms with Gasteiger partial charge in [-0.3, -0.25) is 14.5 Å². The van der Waals surface area contributed by atoms with Gasteiger partial charge in [-0.1, -0.05) is 0 Å². The maximum Gasteiger partial charge on any atom is 0.336 e. The standard InChI is InChI=1S/C25H33NO7/c1-5-31-25(30)17-8-10-26(11-9-17)14-20-23(29)18(6-7-21(27)32-15(2)3)13-19-16(4)12-22(28)33-24(19)20/h12-13,15,17,29H,5-11,14H2,1-4H3. The van der Waals surface area contributed by atoms with Gasteiger partial charge in [-0.2, -0.15) is 0 Å². The molecule has 0 bridgehead atoms. The Morgan fingerprint density at radius 2 is 1.94 bits per heavy atom. The van der Waals surface area contributed by atoms with E-state index in [-0.39, 0.29) is 36.1 Å². The van der Waals surface area contributed by atoms with Gasteiger partial charge in [0, 0.05) is 24.4 Å². The summed E-state index contributed by atoms with van der Waals surface area (Å²) in [5.41, 5.74) is 1.76. The Morgan fingerprint density at radius 3 is 2.58 bits per heavy atom. The first-order valence-corrected chi connectivity index (χ1v) is 11.6. The number of nitrogens with zero attached hydrogens (tertiary/aromatic N) is 1. The van der Waals surface area contributed by atoms with Gasteiger partial charge in [0.1, 0.15) is 11.3 Å². The Kier molecular flexibility index (Phi) is 8.13. The number of phenols is 1. The summed E-state index contributed by atoms with van der Waals surface area (Å²) in [5.74, 6) is -0.586. The smallest absolute Gasteiger partial charge is 0.336 e. The van der Waals surface area contributed by atoms with Gasteiger partial charge in [-0.15, -0.1) is 0 Å². The molecule has 1 aliphatic heterocycles. The lowest BCUT2D eigenvalue weighted by molar-refractivity contribution is -0.150. The van der Waals surface area contributed by atoms with Gasteiger partial charge < -0.3 is 19.0 Å². The lowest BCUT2D eigenvalue weighted by Gasteiger charge is -2.31. The largest absolute Gasteiger partial charge is 0.507 e. The third kappa shape index (κ3) is 6.13. The van der Waals surface area contributed by atoms with Crippen LogP contribution in [0.1, 0.15) is 56.7 Å². The molecular weight excluding hydrogens is 426 g/mol. The van der Waals surface area contributed by atoms with Crippen molar-refractivity contribution < 1.29 is 28.6 Å². The Hall–Kier alpha value is -2.87. The summed E-state index contributed by atoms with van der Waals surface area (Å²) in [5, 5.41) is 11.8. The molecule has 33 heavy (non-hydrogen) atoms. The van der Waals surface area contributed by atoms with Gasteiger partial charge in [-0.25, -0.2) is 4.79 Å². The van der Waals surface area contributed by atoms with Gasteiger partial charge in [0.2, 0.25) is 0 Å². The molecule has 8 nitrogen and oxygen atoms in total. The van der Waals surface area contributed by atoms with E-state index < -0.39 is 5.63 Å². The number of benzene rings is 1. The molecule has 0 radical (unpaired) electrons. The molecule has 1 aliphatic rings.